The molecule has 1 unspecified atom stereocenters. The number of rotatable bonds is 1. The lowest BCUT2D eigenvalue weighted by molar-refractivity contribution is 0.0156. The van der Waals surface area contributed by atoms with Gasteiger partial charge in [0.1, 0.15) is 10.8 Å². The van der Waals surface area contributed by atoms with Crippen LogP contribution in [0, 0.1) is 0 Å². The average molecular weight is 353 g/mol. The van der Waals surface area contributed by atoms with Crippen molar-refractivity contribution < 1.29 is 13.9 Å². The molecule has 130 valence electrons. The van der Waals surface area contributed by atoms with Crippen LogP contribution in [-0.2, 0) is 4.74 Å². The number of nitrogens with zero attached hydrogens (tertiary/aromatic N) is 4. The minimum absolute atomic E-state index is 0.0137. The maximum Gasteiger partial charge on any atom is 0.410 e. The number of hydrogen-bond acceptors (Lipinski definition) is 6. The van der Waals surface area contributed by atoms with Crippen LogP contribution >= 0.6 is 11.6 Å². The number of aromatic nitrogens is 2. The molecule has 2 aromatic heterocycles. The van der Waals surface area contributed by atoms with E-state index in [1.165, 1.54) is 0 Å². The molecule has 7 nitrogen and oxygen atoms in total. The second kappa shape index (κ2) is 6.12. The number of oxazole rings is 1. The topological polar surface area (TPSA) is 71.7 Å². The van der Waals surface area contributed by atoms with Crippen LogP contribution in [0.2, 0.25) is 5.15 Å². The van der Waals surface area contributed by atoms with Crippen molar-refractivity contribution in [1.29, 1.82) is 0 Å². The predicted molar refractivity (Wildman–Crippen MR) is 91.4 cm³/mol. The van der Waals surface area contributed by atoms with Gasteiger partial charge in [0.2, 0.25) is 5.65 Å². The number of anilines is 1. The molecule has 3 rings (SSSR count). The van der Waals surface area contributed by atoms with E-state index in [-0.39, 0.29) is 12.1 Å². The Hall–Kier alpha value is -2.02. The van der Waals surface area contributed by atoms with E-state index in [0.717, 1.165) is 0 Å². The molecule has 8 heteroatoms. The highest BCUT2D eigenvalue weighted by Gasteiger charge is 2.32. The quantitative estimate of drug-likeness (QED) is 0.733. The van der Waals surface area contributed by atoms with Crippen molar-refractivity contribution in [3.05, 3.63) is 17.3 Å². The van der Waals surface area contributed by atoms with Crippen molar-refractivity contribution in [2.45, 2.75) is 39.3 Å². The largest absolute Gasteiger partial charge is 0.444 e. The van der Waals surface area contributed by atoms with Crippen LogP contribution in [0.25, 0.3) is 11.2 Å². The number of carbonyl (C=O) groups excluding carboxylic acids is 1. The van der Waals surface area contributed by atoms with Gasteiger partial charge in [0, 0.05) is 25.7 Å². The zero-order chi connectivity index (χ0) is 17.5. The van der Waals surface area contributed by atoms with Crippen LogP contribution in [0.5, 0.6) is 0 Å². The molecule has 0 spiro atoms. The second-order valence-electron chi connectivity index (χ2n) is 6.92. The fraction of sp³-hybridized carbons (Fsp3) is 0.562. The van der Waals surface area contributed by atoms with E-state index in [4.69, 9.17) is 20.8 Å². The van der Waals surface area contributed by atoms with Crippen LogP contribution < -0.4 is 4.90 Å². The Labute approximate surface area is 145 Å². The van der Waals surface area contributed by atoms with Crippen molar-refractivity contribution in [3.63, 3.8) is 0 Å². The molecule has 2 aromatic rings. The fourth-order valence-corrected chi connectivity index (χ4v) is 2.79. The highest BCUT2D eigenvalue weighted by molar-refractivity contribution is 6.29. The maximum absolute atomic E-state index is 12.3. The van der Waals surface area contributed by atoms with Crippen molar-refractivity contribution in [3.8, 4) is 0 Å². The van der Waals surface area contributed by atoms with Crippen LogP contribution in [0.1, 0.15) is 27.7 Å². The van der Waals surface area contributed by atoms with Crippen LogP contribution in [0.15, 0.2) is 16.5 Å². The number of hydrogen-bond donors (Lipinski definition) is 0. The SMILES string of the molecule is CC1CN(c2nc3nc(Cl)ccc3o2)CCN1C(=O)OC(C)(C)C. The minimum Gasteiger partial charge on any atom is -0.444 e. The molecule has 24 heavy (non-hydrogen) atoms. The van der Waals surface area contributed by atoms with E-state index in [1.807, 2.05) is 32.6 Å². The molecule has 1 amide bonds. The first-order valence-corrected chi connectivity index (χ1v) is 8.28. The lowest BCUT2D eigenvalue weighted by Gasteiger charge is -2.39. The van der Waals surface area contributed by atoms with Gasteiger partial charge in [-0.3, -0.25) is 0 Å². The monoisotopic (exact) mass is 352 g/mol. The number of carbonyl (C=O) groups is 1. The van der Waals surface area contributed by atoms with Gasteiger partial charge in [-0.15, -0.1) is 0 Å². The number of fused-ring (bicyclic) bond motifs is 1. The summed E-state index contributed by atoms with van der Waals surface area (Å²) in [5, 5.41) is 0.380. The number of ether oxygens (including phenoxy) is 1. The van der Waals surface area contributed by atoms with Crippen LogP contribution in [0.3, 0.4) is 0 Å². The van der Waals surface area contributed by atoms with E-state index < -0.39 is 5.60 Å². The smallest absolute Gasteiger partial charge is 0.410 e. The van der Waals surface area contributed by atoms with Gasteiger partial charge in [-0.2, -0.15) is 4.98 Å². The number of halogens is 1. The number of amides is 1. The molecule has 1 fully saturated rings. The van der Waals surface area contributed by atoms with Gasteiger partial charge in [0.25, 0.3) is 6.01 Å². The summed E-state index contributed by atoms with van der Waals surface area (Å²) in [7, 11) is 0. The first-order chi connectivity index (χ1) is 11.2. The molecule has 1 aliphatic heterocycles. The summed E-state index contributed by atoms with van der Waals surface area (Å²) in [6, 6.07) is 3.90. The molecular formula is C16H21ClN4O3. The van der Waals surface area contributed by atoms with E-state index in [9.17, 15) is 4.79 Å². The Morgan fingerprint density at radius 2 is 2.08 bits per heavy atom. The highest BCUT2D eigenvalue weighted by atomic mass is 35.5. The van der Waals surface area contributed by atoms with Gasteiger partial charge in [-0.25, -0.2) is 9.78 Å². The Balaban J connectivity index is 1.71. The number of piperazine rings is 1. The van der Waals surface area contributed by atoms with Crippen molar-refractivity contribution >= 4 is 34.9 Å². The van der Waals surface area contributed by atoms with E-state index >= 15 is 0 Å². The zero-order valence-electron chi connectivity index (χ0n) is 14.2. The molecule has 1 saturated heterocycles. The summed E-state index contributed by atoms with van der Waals surface area (Å²) in [4.78, 5) is 24.5. The third kappa shape index (κ3) is 3.56. The Morgan fingerprint density at radius 3 is 2.75 bits per heavy atom. The summed E-state index contributed by atoms with van der Waals surface area (Å²) in [6.45, 7) is 9.34. The molecule has 3 heterocycles. The molecule has 1 aliphatic rings. The molecule has 0 aromatic carbocycles. The first kappa shape index (κ1) is 16.8. The fourth-order valence-electron chi connectivity index (χ4n) is 2.64. The van der Waals surface area contributed by atoms with Gasteiger partial charge < -0.3 is 19.0 Å². The van der Waals surface area contributed by atoms with Crippen LogP contribution in [0.4, 0.5) is 10.8 Å². The zero-order valence-corrected chi connectivity index (χ0v) is 15.0. The van der Waals surface area contributed by atoms with E-state index in [1.54, 1.807) is 17.0 Å². The normalized spacial score (nSPS) is 19.0. The Bertz CT molecular complexity index is 755. The summed E-state index contributed by atoms with van der Waals surface area (Å²) < 4.78 is 11.2. The van der Waals surface area contributed by atoms with E-state index in [0.29, 0.717) is 42.0 Å². The summed E-state index contributed by atoms with van der Waals surface area (Å²) >= 11 is 5.88. The maximum atomic E-state index is 12.3. The Kier molecular flexibility index (Phi) is 4.29. The summed E-state index contributed by atoms with van der Waals surface area (Å²) in [5.41, 5.74) is 0.579. The van der Waals surface area contributed by atoms with Crippen LogP contribution in [-0.4, -0.2) is 52.2 Å². The highest BCUT2D eigenvalue weighted by Crippen LogP contribution is 2.25. The van der Waals surface area contributed by atoms with Gasteiger partial charge >= 0.3 is 6.09 Å². The van der Waals surface area contributed by atoms with Crippen molar-refractivity contribution in [2.75, 3.05) is 24.5 Å². The average Bonchev–Trinajstić information content (AvgIpc) is 2.88. The molecule has 0 saturated carbocycles. The van der Waals surface area contributed by atoms with Gasteiger partial charge in [-0.05, 0) is 39.8 Å². The summed E-state index contributed by atoms with van der Waals surface area (Å²) in [6.07, 6.45) is -0.291. The predicted octanol–water partition coefficient (Wildman–Crippen LogP) is 3.32. The van der Waals surface area contributed by atoms with Crippen molar-refractivity contribution in [1.82, 2.24) is 14.9 Å². The first-order valence-electron chi connectivity index (χ1n) is 7.90. The molecule has 0 aliphatic carbocycles. The third-order valence-electron chi connectivity index (χ3n) is 3.73. The molecular weight excluding hydrogens is 332 g/mol. The van der Waals surface area contributed by atoms with E-state index in [2.05, 4.69) is 9.97 Å². The lowest BCUT2D eigenvalue weighted by Crippen LogP contribution is -2.55. The lowest BCUT2D eigenvalue weighted by atomic mass is 10.2. The second-order valence-corrected chi connectivity index (χ2v) is 7.31. The Morgan fingerprint density at radius 1 is 1.33 bits per heavy atom. The van der Waals surface area contributed by atoms with Crippen molar-refractivity contribution in [2.24, 2.45) is 0 Å². The minimum atomic E-state index is -0.501. The summed E-state index contributed by atoms with van der Waals surface area (Å²) in [5.74, 6) is 0. The third-order valence-corrected chi connectivity index (χ3v) is 3.94. The standard InChI is InChI=1S/C16H21ClN4O3/c1-10-9-20(7-8-21(10)15(22)24-16(2,3)4)14-19-13-11(23-14)5-6-12(17)18-13/h5-6,10H,7-9H2,1-4H3. The van der Waals surface area contributed by atoms with Gasteiger partial charge in [0.05, 0.1) is 0 Å². The molecule has 0 N–H and O–H groups in total. The van der Waals surface area contributed by atoms with Gasteiger partial charge in [0.15, 0.2) is 5.58 Å². The molecule has 1 atom stereocenters. The van der Waals surface area contributed by atoms with Gasteiger partial charge in [-0.1, -0.05) is 11.6 Å². The molecule has 0 bridgehead atoms. The number of pyridine rings is 1. The molecule has 0 radical (unpaired) electrons.